The van der Waals surface area contributed by atoms with Crippen molar-refractivity contribution in [3.8, 4) is 21.1 Å². The highest BCUT2D eigenvalue weighted by Crippen LogP contribution is 2.34. The van der Waals surface area contributed by atoms with Crippen LogP contribution in [0, 0.1) is 6.92 Å². The first-order chi connectivity index (χ1) is 12.3. The molecule has 128 valence electrons. The Kier molecular flexibility index (Phi) is 5.12. The van der Waals surface area contributed by atoms with Crippen LogP contribution in [-0.4, -0.2) is 40.8 Å². The average Bonchev–Trinajstić information content (AvgIpc) is 3.15. The Morgan fingerprint density at radius 1 is 0.960 bits per heavy atom. The van der Waals surface area contributed by atoms with E-state index in [0.29, 0.717) is 0 Å². The Labute approximate surface area is 156 Å². The minimum absolute atomic E-state index is 0.808. The van der Waals surface area contributed by atoms with E-state index in [9.17, 15) is 0 Å². The molecule has 1 aromatic heterocycles. The Bertz CT molecular complexity index is 845. The van der Waals surface area contributed by atoms with Crippen LogP contribution >= 0.6 is 23.3 Å². The van der Waals surface area contributed by atoms with E-state index in [1.807, 2.05) is 30.1 Å². The van der Waals surface area contributed by atoms with Gasteiger partial charge in [0.15, 0.2) is 0 Å². The summed E-state index contributed by atoms with van der Waals surface area (Å²) in [5, 5.41) is 10.7. The molecule has 0 N–H and O–H groups in total. The normalized spacial score (nSPS) is 15.4. The van der Waals surface area contributed by atoms with Crippen LogP contribution in [-0.2, 0) is 4.74 Å². The molecule has 2 heterocycles. The van der Waals surface area contributed by atoms with Gasteiger partial charge in [-0.05, 0) is 30.5 Å². The van der Waals surface area contributed by atoms with Crippen LogP contribution in [0.5, 0.6) is 0 Å². The first-order valence-corrected chi connectivity index (χ1v) is 9.89. The Balaban J connectivity index is 1.58. The fraction of sp³-hybridized carbons (Fsp3) is 0.263. The molecule has 0 atom stereocenters. The number of aryl methyl sites for hydroxylation is 1. The van der Waals surface area contributed by atoms with Gasteiger partial charge >= 0.3 is 0 Å². The lowest BCUT2D eigenvalue weighted by atomic mass is 10.2. The second-order valence-electron chi connectivity index (χ2n) is 5.89. The van der Waals surface area contributed by atoms with Crippen molar-refractivity contribution in [3.05, 3.63) is 54.1 Å². The van der Waals surface area contributed by atoms with Crippen LogP contribution in [0.25, 0.3) is 21.1 Å². The van der Waals surface area contributed by atoms with Crippen molar-refractivity contribution in [3.63, 3.8) is 0 Å². The smallest absolute Gasteiger partial charge is 0.148 e. The molecule has 1 saturated heterocycles. The van der Waals surface area contributed by atoms with Crippen molar-refractivity contribution in [2.45, 2.75) is 11.8 Å². The summed E-state index contributed by atoms with van der Waals surface area (Å²) in [5.74, 6) is 0. The SMILES string of the molecule is Cc1ccc(-c2nnc(-c3ccccc3)s2)cc1SN1CCOCC1. The van der Waals surface area contributed by atoms with Crippen molar-refractivity contribution in [2.75, 3.05) is 26.3 Å². The zero-order valence-electron chi connectivity index (χ0n) is 14.0. The third-order valence-electron chi connectivity index (χ3n) is 4.08. The summed E-state index contributed by atoms with van der Waals surface area (Å²) >= 11 is 3.45. The van der Waals surface area contributed by atoms with Crippen molar-refractivity contribution >= 4 is 23.3 Å². The molecule has 0 saturated carbocycles. The fourth-order valence-corrected chi connectivity index (χ4v) is 4.49. The fourth-order valence-electron chi connectivity index (χ4n) is 2.65. The van der Waals surface area contributed by atoms with Gasteiger partial charge in [-0.25, -0.2) is 4.31 Å². The number of hydrogen-bond donors (Lipinski definition) is 0. The van der Waals surface area contributed by atoms with Gasteiger partial charge in [-0.1, -0.05) is 53.8 Å². The molecule has 25 heavy (non-hydrogen) atoms. The lowest BCUT2D eigenvalue weighted by Gasteiger charge is -2.26. The molecule has 0 unspecified atom stereocenters. The summed E-state index contributed by atoms with van der Waals surface area (Å²) in [7, 11) is 0. The van der Waals surface area contributed by atoms with Crippen LogP contribution in [0.15, 0.2) is 53.4 Å². The van der Waals surface area contributed by atoms with Crippen LogP contribution in [0.2, 0.25) is 0 Å². The number of nitrogens with zero attached hydrogens (tertiary/aromatic N) is 3. The third-order valence-corrected chi connectivity index (χ3v) is 6.36. The van der Waals surface area contributed by atoms with Gasteiger partial charge in [0.1, 0.15) is 10.0 Å². The van der Waals surface area contributed by atoms with E-state index in [-0.39, 0.29) is 0 Å². The highest BCUT2D eigenvalue weighted by molar-refractivity contribution is 7.97. The maximum Gasteiger partial charge on any atom is 0.148 e. The maximum absolute atomic E-state index is 5.43. The summed E-state index contributed by atoms with van der Waals surface area (Å²) in [6.45, 7) is 5.70. The first-order valence-electron chi connectivity index (χ1n) is 8.30. The molecular formula is C19H19N3OS2. The average molecular weight is 370 g/mol. The Hall–Kier alpha value is -1.73. The Morgan fingerprint density at radius 2 is 1.68 bits per heavy atom. The maximum atomic E-state index is 5.43. The highest BCUT2D eigenvalue weighted by atomic mass is 32.2. The number of ether oxygens (including phenoxy) is 1. The Morgan fingerprint density at radius 3 is 2.44 bits per heavy atom. The van der Waals surface area contributed by atoms with Crippen LogP contribution in [0.1, 0.15) is 5.56 Å². The van der Waals surface area contributed by atoms with Crippen molar-refractivity contribution < 1.29 is 4.74 Å². The van der Waals surface area contributed by atoms with Gasteiger partial charge in [0.2, 0.25) is 0 Å². The molecule has 0 spiro atoms. The number of morpholine rings is 1. The molecule has 1 aliphatic rings. The van der Waals surface area contributed by atoms with E-state index in [1.54, 1.807) is 11.3 Å². The van der Waals surface area contributed by atoms with Gasteiger partial charge in [-0.3, -0.25) is 0 Å². The number of benzene rings is 2. The predicted molar refractivity (Wildman–Crippen MR) is 104 cm³/mol. The minimum Gasteiger partial charge on any atom is -0.379 e. The van der Waals surface area contributed by atoms with Crippen molar-refractivity contribution in [1.29, 1.82) is 0 Å². The van der Waals surface area contributed by atoms with Gasteiger partial charge in [0.05, 0.1) is 13.2 Å². The summed E-state index contributed by atoms with van der Waals surface area (Å²) in [6.07, 6.45) is 0. The van der Waals surface area contributed by atoms with E-state index in [0.717, 1.165) is 47.4 Å². The van der Waals surface area contributed by atoms with E-state index >= 15 is 0 Å². The van der Waals surface area contributed by atoms with Gasteiger partial charge in [-0.15, -0.1) is 10.2 Å². The van der Waals surface area contributed by atoms with Gasteiger partial charge in [0, 0.05) is 29.1 Å². The van der Waals surface area contributed by atoms with E-state index in [1.165, 1.54) is 10.5 Å². The summed E-state index contributed by atoms with van der Waals surface area (Å²) in [6, 6.07) is 16.7. The zero-order chi connectivity index (χ0) is 17.1. The number of rotatable bonds is 4. The van der Waals surface area contributed by atoms with Gasteiger partial charge in [0.25, 0.3) is 0 Å². The first kappa shape index (κ1) is 16.7. The molecule has 0 aliphatic carbocycles. The topological polar surface area (TPSA) is 38.2 Å². The summed E-state index contributed by atoms with van der Waals surface area (Å²) < 4.78 is 7.80. The molecule has 3 aromatic rings. The zero-order valence-corrected chi connectivity index (χ0v) is 15.6. The lowest BCUT2D eigenvalue weighted by molar-refractivity contribution is 0.0773. The quantitative estimate of drug-likeness (QED) is 0.632. The van der Waals surface area contributed by atoms with Gasteiger partial charge < -0.3 is 4.74 Å². The van der Waals surface area contributed by atoms with Gasteiger partial charge in [-0.2, -0.15) is 0 Å². The third kappa shape index (κ3) is 3.93. The second-order valence-corrected chi connectivity index (χ2v) is 8.01. The van der Waals surface area contributed by atoms with Crippen molar-refractivity contribution in [1.82, 2.24) is 14.5 Å². The monoisotopic (exact) mass is 369 g/mol. The molecule has 0 amide bonds. The largest absolute Gasteiger partial charge is 0.379 e. The van der Waals surface area contributed by atoms with E-state index < -0.39 is 0 Å². The van der Waals surface area contributed by atoms with Crippen LogP contribution in [0.4, 0.5) is 0 Å². The minimum atomic E-state index is 0.808. The molecule has 0 radical (unpaired) electrons. The van der Waals surface area contributed by atoms with Crippen LogP contribution < -0.4 is 0 Å². The number of aromatic nitrogens is 2. The molecule has 2 aromatic carbocycles. The number of hydrogen-bond acceptors (Lipinski definition) is 6. The molecule has 6 heteroatoms. The molecular weight excluding hydrogens is 350 g/mol. The van der Waals surface area contributed by atoms with E-state index in [2.05, 4.69) is 51.8 Å². The summed E-state index contributed by atoms with van der Waals surface area (Å²) in [4.78, 5) is 1.27. The van der Waals surface area contributed by atoms with Crippen molar-refractivity contribution in [2.24, 2.45) is 0 Å². The molecule has 0 bridgehead atoms. The molecule has 4 rings (SSSR count). The predicted octanol–water partition coefficient (Wildman–Crippen LogP) is 4.52. The molecule has 1 aliphatic heterocycles. The molecule has 4 nitrogen and oxygen atoms in total. The molecule has 1 fully saturated rings. The standard InChI is InChI=1S/C19H19N3OS2/c1-14-7-8-16(13-17(14)25-22-9-11-23-12-10-22)19-21-20-18(24-19)15-5-3-2-4-6-15/h2-8,13H,9-12H2,1H3. The summed E-state index contributed by atoms with van der Waals surface area (Å²) in [5.41, 5.74) is 3.52. The highest BCUT2D eigenvalue weighted by Gasteiger charge is 2.15. The second kappa shape index (κ2) is 7.66. The lowest BCUT2D eigenvalue weighted by Crippen LogP contribution is -2.30. The van der Waals surface area contributed by atoms with E-state index in [4.69, 9.17) is 4.74 Å². The van der Waals surface area contributed by atoms with Crippen LogP contribution in [0.3, 0.4) is 0 Å².